The van der Waals surface area contributed by atoms with Gasteiger partial charge in [-0.15, -0.1) is 0 Å². The monoisotopic (exact) mass is 2200 g/mol. The number of nitrogens with two attached hydrogens (primary N) is 3. The van der Waals surface area contributed by atoms with Crippen LogP contribution in [-0.2, 0) is 104 Å². The molecule has 140 heavy (non-hydrogen) atoms. The van der Waals surface area contributed by atoms with Crippen LogP contribution in [0.15, 0.2) is 146 Å². The number of aromatic nitrogens is 1. The molecule has 0 radical (unpaired) electrons. The number of hydrogen-bond donors (Lipinski definition) is 19. The molecule has 0 spiro atoms. The summed E-state index contributed by atoms with van der Waals surface area (Å²) in [7, 11) is 1.75. The van der Waals surface area contributed by atoms with Gasteiger partial charge in [0.25, 0.3) is 0 Å². The molecule has 1 saturated heterocycles. The summed E-state index contributed by atoms with van der Waals surface area (Å²) in [6, 6.07) is 20.4. The van der Waals surface area contributed by atoms with Crippen molar-refractivity contribution in [2.24, 2.45) is 35.0 Å². The zero-order valence-electron chi connectivity index (χ0n) is 78.8. The number of Topliss-reactive ketones (excluding diaryl/α,β-unsaturated/α-hetero) is 2. The maximum atomic E-state index is 15.6. The number of fused-ring (bicyclic) bond motifs is 1. The highest BCUT2D eigenvalue weighted by molar-refractivity contribution is 14.1. The van der Waals surface area contributed by atoms with E-state index in [9.17, 15) is 63.3 Å². The number of carbonyl (C=O) groups is 16. The van der Waals surface area contributed by atoms with E-state index in [1.165, 1.54) is 56.3 Å². The quantitative estimate of drug-likeness (QED) is 0.00670. The summed E-state index contributed by atoms with van der Waals surface area (Å²) in [5.41, 5.74) is 20.5. The molecular weight excluding hydrogens is 2080 g/mol. The number of aliphatic hydroxyl groups is 2. The standard InChI is InChI=1S/C97H124I2N16O23S2/c1-52(2)77(118)33-36-81(120)114-83(54(5)6)93(129)107-70(27-19-39-103-96(102)133)86(122)105-62-30-28-59(29-31-62)49-135-97(134)113-72(43-58-22-13-10-14-23-58)89(125)111-75-50-139-140-51-76(92(128)110-74(48-116)56(8)136-80-44-60(41-67(101)95(131)132)40-66(99)85(80)137-63-32-35-79(65(98)46-63)138-82(121)37-34-78(119)53(3)4)112-94(130)84(55(7)117)115-87(123)69(26-17-18-38-100)106-90(126)73(45-61-47-104-68-25-16-15-24-64(61)68)109-88(124)71(108-91(75)127)42-57-20-11-9-12-21-57/h9-16,20-25,28-32,35,40,44,46-47,52-56,67,69-76,83-84,104,116-117H,17-19,26-27,33-34,36-39,41-43,45,48-51,100-101H2,1-8H3,(H,105,122)(H,106,126)(H,107,129)(H,108,127)(H,109,124)(H,110,128)(H,111,125)(H,112,130)(H,113,134)(H,114,120)(H,115,123)(H,131,132)(H3,102,103,133)/t55-,56-,67+,69+,70+,71+,72-,73-,74-,75+,76+,83+,84?/m1/s1. The molecule has 1 fully saturated rings. The predicted molar refractivity (Wildman–Crippen MR) is 542 cm³/mol. The number of nitrogens with one attached hydrogen (secondary N) is 13. The van der Waals surface area contributed by atoms with Crippen LogP contribution in [0.25, 0.3) is 10.9 Å². The van der Waals surface area contributed by atoms with Crippen LogP contribution in [-0.4, -0.2) is 225 Å². The molecule has 1 aliphatic rings. The molecule has 7 aromatic rings. The van der Waals surface area contributed by atoms with E-state index in [1.807, 2.05) is 45.2 Å². The van der Waals surface area contributed by atoms with Crippen molar-refractivity contribution < 1.29 is 111 Å². The Balaban J connectivity index is 1.11. The molecule has 1 aliphatic heterocycles. The number of aromatic amines is 1. The fourth-order valence-corrected chi connectivity index (χ4v) is 18.1. The van der Waals surface area contributed by atoms with Crippen molar-refractivity contribution >= 4 is 178 Å². The van der Waals surface area contributed by atoms with Gasteiger partial charge in [0, 0.05) is 91.2 Å². The van der Waals surface area contributed by atoms with Gasteiger partial charge in [0.05, 0.1) is 32.3 Å². The first kappa shape index (κ1) is 113. The summed E-state index contributed by atoms with van der Waals surface area (Å²) in [5.74, 6) is -12.5. The first-order valence-corrected chi connectivity index (χ1v) is 50.5. The maximum Gasteiger partial charge on any atom is 0.408 e. The van der Waals surface area contributed by atoms with Gasteiger partial charge < -0.3 is 120 Å². The number of ether oxygens (including phenoxy) is 4. The molecule has 1 aromatic heterocycles. The lowest BCUT2D eigenvalue weighted by molar-refractivity contribution is -0.138. The molecule has 756 valence electrons. The number of rotatable bonds is 46. The van der Waals surface area contributed by atoms with E-state index in [0.717, 1.165) is 21.6 Å². The second kappa shape index (κ2) is 57.0. The average Bonchev–Trinajstić information content (AvgIpc) is 1.52. The first-order chi connectivity index (χ1) is 66.7. The molecule has 0 bridgehead atoms. The lowest BCUT2D eigenvalue weighted by atomic mass is 10.0. The zero-order chi connectivity index (χ0) is 102. The van der Waals surface area contributed by atoms with Crippen molar-refractivity contribution in [1.82, 2.24) is 63.5 Å². The minimum atomic E-state index is -1.88. The number of alkyl carbamates (subject to hydrolysis) is 1. The van der Waals surface area contributed by atoms with Gasteiger partial charge in [-0.3, -0.25) is 67.1 Å². The molecule has 0 saturated carbocycles. The number of benzene rings is 6. The highest BCUT2D eigenvalue weighted by Crippen LogP contribution is 2.40. The van der Waals surface area contributed by atoms with Crippen LogP contribution in [0, 0.1) is 24.9 Å². The van der Waals surface area contributed by atoms with Crippen molar-refractivity contribution in [2.75, 3.05) is 36.5 Å². The number of aliphatic hydroxyl groups excluding tert-OH is 2. The molecule has 0 aliphatic carbocycles. The second-order valence-corrected chi connectivity index (χ2v) is 39.5. The van der Waals surface area contributed by atoms with Crippen molar-refractivity contribution in [2.45, 2.75) is 224 Å². The van der Waals surface area contributed by atoms with Gasteiger partial charge in [-0.1, -0.05) is 154 Å². The van der Waals surface area contributed by atoms with Gasteiger partial charge in [-0.05, 0) is 186 Å². The number of halogens is 2. The van der Waals surface area contributed by atoms with E-state index in [0.29, 0.717) is 52.3 Å². The number of para-hydroxylation sites is 1. The average molecular weight is 2200 g/mol. The molecule has 13 atom stereocenters. The number of hydrogen-bond acceptors (Lipinski definition) is 26. The van der Waals surface area contributed by atoms with Crippen LogP contribution in [0.4, 0.5) is 15.3 Å². The Kier molecular flexibility index (Phi) is 46.1. The fraction of sp³-hybridized carbons (Fsp3) is 0.443. The number of primary amides is 1. The Morgan fingerprint density at radius 1 is 0.586 bits per heavy atom. The third-order valence-corrected chi connectivity index (χ3v) is 26.6. The molecule has 1 unspecified atom stereocenters. The van der Waals surface area contributed by atoms with Crippen molar-refractivity contribution in [3.63, 3.8) is 0 Å². The van der Waals surface area contributed by atoms with Crippen LogP contribution >= 0.6 is 66.8 Å². The fourth-order valence-electron chi connectivity index (χ4n) is 14.4. The number of esters is 1. The highest BCUT2D eigenvalue weighted by Gasteiger charge is 2.39. The number of anilines is 1. The number of amides is 13. The molecule has 13 amide bonds. The Hall–Kier alpha value is -12.0. The number of urea groups is 1. The zero-order valence-corrected chi connectivity index (χ0v) is 84.8. The SMILES string of the molecule is CC(C)C(=O)CCC(=O)N[C@H](C(=O)N[C@@H](CCCNC(N)=O)C(=O)Nc1ccc(COC(=O)N[C@H](Cc2ccccc2)C(=O)N[C@H]2CSSC[C@@H](C(=O)N[C@H](CO)[C@@H](C)Oc3cc(C[C@H](N)C(=O)O)cc(I)c3Oc3ccc(OC(=O)CCC(=O)C(C)C)c(I)c3)NC(=O)C([C@@H](C)O)NC(=O)[C@H](CCCCN)NC(=O)[C@@H](Cc3c[nH]c4ccccc34)NC(=O)[C@H](Cc3ccccc3)NC2=O)cc1)C(C)C. The third-order valence-electron chi connectivity index (χ3n) is 22.5. The van der Waals surface area contributed by atoms with Crippen LogP contribution in [0.2, 0.25) is 0 Å². The third kappa shape index (κ3) is 36.9. The lowest BCUT2D eigenvalue weighted by Gasteiger charge is -2.30. The topological polar surface area (TPSA) is 609 Å². The van der Waals surface area contributed by atoms with Crippen molar-refractivity contribution in [3.05, 3.63) is 181 Å². The van der Waals surface area contributed by atoms with E-state index in [4.69, 9.17) is 36.1 Å². The minimum absolute atomic E-state index is 0.00137. The summed E-state index contributed by atoms with van der Waals surface area (Å²) in [6.45, 7) is 11.9. The van der Waals surface area contributed by atoms with Crippen LogP contribution in [0.1, 0.15) is 141 Å². The van der Waals surface area contributed by atoms with Crippen LogP contribution in [0.5, 0.6) is 23.0 Å². The number of ketones is 2. The van der Waals surface area contributed by atoms with E-state index in [1.54, 1.807) is 145 Å². The van der Waals surface area contributed by atoms with Crippen molar-refractivity contribution in [3.8, 4) is 23.0 Å². The Bertz CT molecular complexity index is 5450. The number of carboxylic acids is 1. The highest BCUT2D eigenvalue weighted by atomic mass is 127. The molecule has 6 aromatic carbocycles. The van der Waals surface area contributed by atoms with Gasteiger partial charge in [0.15, 0.2) is 11.5 Å². The molecule has 43 heteroatoms. The van der Waals surface area contributed by atoms with E-state index >= 15 is 28.8 Å². The van der Waals surface area contributed by atoms with Gasteiger partial charge >= 0.3 is 24.1 Å². The number of aliphatic carboxylic acids is 1. The number of unbranched alkanes of at least 4 members (excludes halogenated alkanes) is 1. The normalized spacial score (nSPS) is 17.7. The summed E-state index contributed by atoms with van der Waals surface area (Å²) in [4.78, 5) is 227. The molecule has 39 nitrogen and oxygen atoms in total. The van der Waals surface area contributed by atoms with Gasteiger partial charge in [0.2, 0.25) is 59.1 Å². The Morgan fingerprint density at radius 3 is 1.85 bits per heavy atom. The Labute approximate surface area is 845 Å². The first-order valence-electron chi connectivity index (χ1n) is 45.8. The molecule has 2 heterocycles. The summed E-state index contributed by atoms with van der Waals surface area (Å²) in [5, 5.41) is 65.7. The lowest BCUT2D eigenvalue weighted by Crippen LogP contribution is -2.62. The number of H-pyrrole nitrogens is 1. The maximum absolute atomic E-state index is 15.6. The summed E-state index contributed by atoms with van der Waals surface area (Å²) >= 11 is 3.88. The number of carboxylic acid groups (broad SMARTS) is 1. The second-order valence-electron chi connectivity index (χ2n) is 34.7. The van der Waals surface area contributed by atoms with Gasteiger partial charge in [0.1, 0.15) is 96.2 Å². The summed E-state index contributed by atoms with van der Waals surface area (Å²) in [6.07, 6.45) is -3.05. The van der Waals surface area contributed by atoms with Crippen molar-refractivity contribution in [1.29, 1.82) is 0 Å². The smallest absolute Gasteiger partial charge is 0.408 e. The van der Waals surface area contributed by atoms with Gasteiger partial charge in [-0.25, -0.2) is 9.59 Å². The molecule has 8 rings (SSSR count). The predicted octanol–water partition coefficient (Wildman–Crippen LogP) is 6.13. The van der Waals surface area contributed by atoms with E-state index in [-0.39, 0.29) is 142 Å². The molecule has 22 N–H and O–H groups in total. The van der Waals surface area contributed by atoms with Crippen LogP contribution < -0.4 is 95.2 Å². The van der Waals surface area contributed by atoms with E-state index in [2.05, 4.69) is 68.8 Å². The van der Waals surface area contributed by atoms with Crippen LogP contribution in [0.3, 0.4) is 0 Å². The summed E-state index contributed by atoms with van der Waals surface area (Å²) < 4.78 is 25.1. The minimum Gasteiger partial charge on any atom is -0.485 e. The van der Waals surface area contributed by atoms with E-state index < -0.39 is 192 Å². The molecular formula is C97H124I2N16O23S2. The van der Waals surface area contributed by atoms with Gasteiger partial charge in [-0.2, -0.15) is 0 Å². The largest absolute Gasteiger partial charge is 0.485 e. The number of carbonyl (C=O) groups excluding carboxylic acids is 15. The Morgan fingerprint density at radius 2 is 1.21 bits per heavy atom.